The number of pyridine rings is 1. The predicted octanol–water partition coefficient (Wildman–Crippen LogP) is 5.36. The summed E-state index contributed by atoms with van der Waals surface area (Å²) >= 11 is 3.55. The summed E-state index contributed by atoms with van der Waals surface area (Å²) in [6.07, 6.45) is 0.863. The summed E-state index contributed by atoms with van der Waals surface area (Å²) in [6.45, 7) is 4.36. The molecule has 0 atom stereocenters. The molecule has 0 unspecified atom stereocenters. The van der Waals surface area contributed by atoms with Crippen molar-refractivity contribution in [3.05, 3.63) is 64.3 Å². The zero-order valence-corrected chi connectivity index (χ0v) is 15.0. The van der Waals surface area contributed by atoms with Gasteiger partial charge in [0.05, 0.1) is 12.1 Å². The molecule has 0 radical (unpaired) electrons. The molecule has 1 aromatic heterocycles. The fourth-order valence-corrected chi connectivity index (χ4v) is 3.35. The fraction of sp³-hybridized carbons (Fsp3) is 0.250. The Hall–Kier alpha value is -1.71. The van der Waals surface area contributed by atoms with Gasteiger partial charge in [-0.15, -0.1) is 0 Å². The lowest BCUT2D eigenvalue weighted by Gasteiger charge is -2.17. The van der Waals surface area contributed by atoms with Crippen molar-refractivity contribution in [1.29, 1.82) is 0 Å². The average Bonchev–Trinajstić information content (AvgIpc) is 2.54. The van der Waals surface area contributed by atoms with Gasteiger partial charge in [-0.05, 0) is 41.7 Å². The van der Waals surface area contributed by atoms with Crippen molar-refractivity contribution in [2.45, 2.75) is 26.9 Å². The molecule has 0 aliphatic rings. The summed E-state index contributed by atoms with van der Waals surface area (Å²) < 4.78 is 1.02. The largest absolute Gasteiger partial charge is 0.392 e. The van der Waals surface area contributed by atoms with Crippen LogP contribution in [0.15, 0.2) is 53.0 Å². The summed E-state index contributed by atoms with van der Waals surface area (Å²) in [5, 5.41) is 11.1. The number of aromatic nitrogens is 1. The van der Waals surface area contributed by atoms with Gasteiger partial charge < -0.3 is 5.11 Å². The molecule has 0 spiro atoms. The summed E-state index contributed by atoms with van der Waals surface area (Å²) in [5.74, 6) is 0.490. The molecule has 0 bridgehead atoms. The van der Waals surface area contributed by atoms with Crippen LogP contribution in [0.1, 0.15) is 25.1 Å². The van der Waals surface area contributed by atoms with Gasteiger partial charge in [-0.25, -0.2) is 0 Å². The highest BCUT2D eigenvalue weighted by Gasteiger charge is 2.17. The number of fused-ring (bicyclic) bond motifs is 1. The maximum absolute atomic E-state index is 10.1. The summed E-state index contributed by atoms with van der Waals surface area (Å²) in [7, 11) is 0. The highest BCUT2D eigenvalue weighted by atomic mass is 79.9. The fourth-order valence-electron chi connectivity index (χ4n) is 2.99. The third-order valence-corrected chi connectivity index (χ3v) is 4.45. The first-order valence-electron chi connectivity index (χ1n) is 7.87. The maximum Gasteiger partial charge on any atom is 0.0712 e. The lowest BCUT2D eigenvalue weighted by atomic mass is 9.92. The van der Waals surface area contributed by atoms with E-state index in [0.29, 0.717) is 5.92 Å². The van der Waals surface area contributed by atoms with Gasteiger partial charge in [0.2, 0.25) is 0 Å². The number of benzene rings is 2. The first-order valence-corrected chi connectivity index (χ1v) is 8.66. The average molecular weight is 370 g/mol. The number of hydrogen-bond acceptors (Lipinski definition) is 2. The van der Waals surface area contributed by atoms with Crippen molar-refractivity contribution in [3.8, 4) is 11.1 Å². The second kappa shape index (κ2) is 6.81. The van der Waals surface area contributed by atoms with E-state index in [-0.39, 0.29) is 6.61 Å². The van der Waals surface area contributed by atoms with Crippen molar-refractivity contribution < 1.29 is 5.11 Å². The first-order chi connectivity index (χ1) is 11.1. The Morgan fingerprint density at radius 2 is 1.83 bits per heavy atom. The highest BCUT2D eigenvalue weighted by molar-refractivity contribution is 9.10. The molecule has 1 heterocycles. The van der Waals surface area contributed by atoms with Crippen LogP contribution in [0.4, 0.5) is 0 Å². The Kier molecular flexibility index (Phi) is 4.79. The van der Waals surface area contributed by atoms with Gasteiger partial charge in [0.15, 0.2) is 0 Å². The van der Waals surface area contributed by atoms with Crippen LogP contribution in [0.5, 0.6) is 0 Å². The van der Waals surface area contributed by atoms with E-state index in [2.05, 4.69) is 48.0 Å². The molecular formula is C20H20BrNO. The van der Waals surface area contributed by atoms with Crippen LogP contribution in [0.25, 0.3) is 22.0 Å². The third kappa shape index (κ3) is 3.31. The molecule has 2 aromatic carbocycles. The van der Waals surface area contributed by atoms with Crippen molar-refractivity contribution in [3.63, 3.8) is 0 Å². The smallest absolute Gasteiger partial charge is 0.0712 e. The van der Waals surface area contributed by atoms with E-state index in [0.717, 1.165) is 44.2 Å². The number of rotatable bonds is 4. The van der Waals surface area contributed by atoms with Crippen LogP contribution in [-0.2, 0) is 13.0 Å². The van der Waals surface area contributed by atoms with E-state index < -0.39 is 0 Å². The number of hydrogen-bond donors (Lipinski definition) is 1. The van der Waals surface area contributed by atoms with E-state index in [1.807, 2.05) is 30.3 Å². The Labute approximate surface area is 145 Å². The molecule has 0 aliphatic heterocycles. The lowest BCUT2D eigenvalue weighted by Crippen LogP contribution is -2.06. The Morgan fingerprint density at radius 1 is 1.09 bits per heavy atom. The molecule has 0 fully saturated rings. The summed E-state index contributed by atoms with van der Waals surface area (Å²) in [5.41, 5.74) is 5.12. The van der Waals surface area contributed by atoms with Crippen molar-refractivity contribution in [2.24, 2.45) is 5.92 Å². The molecule has 3 aromatic rings. The van der Waals surface area contributed by atoms with Gasteiger partial charge in [-0.1, -0.05) is 60.1 Å². The van der Waals surface area contributed by atoms with E-state index in [9.17, 15) is 5.11 Å². The Morgan fingerprint density at radius 3 is 2.48 bits per heavy atom. The zero-order valence-electron chi connectivity index (χ0n) is 13.4. The number of halogens is 1. The van der Waals surface area contributed by atoms with Crippen molar-refractivity contribution in [1.82, 2.24) is 4.98 Å². The topological polar surface area (TPSA) is 33.1 Å². The minimum absolute atomic E-state index is 0.00172. The maximum atomic E-state index is 10.1. The zero-order chi connectivity index (χ0) is 16.4. The summed E-state index contributed by atoms with van der Waals surface area (Å²) in [4.78, 5) is 4.83. The Bertz CT molecular complexity index is 828. The Balaban J connectivity index is 2.38. The molecule has 1 N–H and O–H groups in total. The third-order valence-electron chi connectivity index (χ3n) is 3.96. The van der Waals surface area contributed by atoms with E-state index in [1.165, 1.54) is 0 Å². The molecule has 0 saturated heterocycles. The van der Waals surface area contributed by atoms with Gasteiger partial charge >= 0.3 is 0 Å². The van der Waals surface area contributed by atoms with E-state index in [4.69, 9.17) is 4.98 Å². The normalized spacial score (nSPS) is 11.3. The van der Waals surface area contributed by atoms with Gasteiger partial charge in [-0.3, -0.25) is 4.98 Å². The van der Waals surface area contributed by atoms with Crippen LogP contribution in [0, 0.1) is 5.92 Å². The molecular weight excluding hydrogens is 350 g/mol. The van der Waals surface area contributed by atoms with Crippen molar-refractivity contribution in [2.75, 3.05) is 0 Å². The van der Waals surface area contributed by atoms with Crippen LogP contribution >= 0.6 is 15.9 Å². The standard InChI is InChI=1S/C20H20BrNO/c1-13(2)10-19-17(12-23)20(14-6-4-3-5-7-14)16-11-15(21)8-9-18(16)22-19/h3-9,11,13,23H,10,12H2,1-2H3. The van der Waals surface area contributed by atoms with Crippen LogP contribution < -0.4 is 0 Å². The molecule has 3 heteroatoms. The highest BCUT2D eigenvalue weighted by Crippen LogP contribution is 2.35. The molecule has 0 amide bonds. The molecule has 23 heavy (non-hydrogen) atoms. The molecule has 2 nitrogen and oxygen atoms in total. The second-order valence-electron chi connectivity index (χ2n) is 6.20. The molecule has 0 saturated carbocycles. The predicted molar refractivity (Wildman–Crippen MR) is 99.3 cm³/mol. The molecule has 118 valence electrons. The summed E-state index contributed by atoms with van der Waals surface area (Å²) in [6, 6.07) is 16.4. The monoisotopic (exact) mass is 369 g/mol. The number of aliphatic hydroxyl groups excluding tert-OH is 1. The quantitative estimate of drug-likeness (QED) is 0.671. The van der Waals surface area contributed by atoms with Gasteiger partial charge in [0.25, 0.3) is 0 Å². The molecule has 0 aliphatic carbocycles. The van der Waals surface area contributed by atoms with Crippen LogP contribution in [0.3, 0.4) is 0 Å². The number of nitrogens with zero attached hydrogens (tertiary/aromatic N) is 1. The number of aliphatic hydroxyl groups is 1. The van der Waals surface area contributed by atoms with Gasteiger partial charge in [0.1, 0.15) is 0 Å². The van der Waals surface area contributed by atoms with Gasteiger partial charge in [-0.2, -0.15) is 0 Å². The van der Waals surface area contributed by atoms with Gasteiger partial charge in [0, 0.05) is 21.1 Å². The lowest BCUT2D eigenvalue weighted by molar-refractivity contribution is 0.280. The molecule has 3 rings (SSSR count). The van der Waals surface area contributed by atoms with Crippen LogP contribution in [0.2, 0.25) is 0 Å². The minimum Gasteiger partial charge on any atom is -0.392 e. The van der Waals surface area contributed by atoms with E-state index in [1.54, 1.807) is 0 Å². The first kappa shape index (κ1) is 16.2. The SMILES string of the molecule is CC(C)Cc1nc2ccc(Br)cc2c(-c2ccccc2)c1CO. The van der Waals surface area contributed by atoms with Crippen molar-refractivity contribution >= 4 is 26.8 Å². The van der Waals surface area contributed by atoms with E-state index >= 15 is 0 Å². The van der Waals surface area contributed by atoms with Crippen LogP contribution in [-0.4, -0.2) is 10.1 Å². The second-order valence-corrected chi connectivity index (χ2v) is 7.11. The minimum atomic E-state index is 0.00172.